The molecule has 0 unspecified atom stereocenters. The fraction of sp³-hybridized carbons (Fsp3) is 0.308. The van der Waals surface area contributed by atoms with Crippen LogP contribution >= 0.6 is 23.8 Å². The number of hydrogen-bond donors (Lipinski definition) is 0. The van der Waals surface area contributed by atoms with Crippen molar-refractivity contribution >= 4 is 34.2 Å². The molecule has 0 saturated carbocycles. The SMILES string of the molecule is CCCCc1ccccc1/C=C/C(=S)Cl. The Balaban J connectivity index is 2.81. The first-order chi connectivity index (χ1) is 7.24. The monoisotopic (exact) mass is 238 g/mol. The maximum absolute atomic E-state index is 5.63. The predicted molar refractivity (Wildman–Crippen MR) is 72.5 cm³/mol. The highest BCUT2D eigenvalue weighted by atomic mass is 35.5. The van der Waals surface area contributed by atoms with E-state index in [0.29, 0.717) is 4.32 Å². The molecule has 1 aromatic carbocycles. The molecule has 0 fully saturated rings. The van der Waals surface area contributed by atoms with Crippen molar-refractivity contribution in [1.29, 1.82) is 0 Å². The number of benzene rings is 1. The Labute approximate surface area is 102 Å². The van der Waals surface area contributed by atoms with Crippen LogP contribution in [0.3, 0.4) is 0 Å². The van der Waals surface area contributed by atoms with Crippen LogP contribution in [0.2, 0.25) is 0 Å². The molecular weight excluding hydrogens is 224 g/mol. The highest BCUT2D eigenvalue weighted by Gasteiger charge is 1.97. The maximum Gasteiger partial charge on any atom is 0.103 e. The average molecular weight is 239 g/mol. The Hall–Kier alpha value is -0.660. The van der Waals surface area contributed by atoms with Gasteiger partial charge in [-0.2, -0.15) is 0 Å². The second-order valence-corrected chi connectivity index (χ2v) is 4.51. The van der Waals surface area contributed by atoms with E-state index in [4.69, 9.17) is 23.8 Å². The van der Waals surface area contributed by atoms with Crippen LogP contribution in [0.15, 0.2) is 30.3 Å². The van der Waals surface area contributed by atoms with E-state index in [1.807, 2.05) is 12.1 Å². The Bertz CT molecular complexity index is 355. The van der Waals surface area contributed by atoms with Gasteiger partial charge in [0.2, 0.25) is 0 Å². The van der Waals surface area contributed by atoms with Crippen molar-refractivity contribution in [3.63, 3.8) is 0 Å². The Morgan fingerprint density at radius 1 is 1.40 bits per heavy atom. The minimum Gasteiger partial charge on any atom is -0.0716 e. The number of unbranched alkanes of at least 4 members (excludes halogenated alkanes) is 1. The van der Waals surface area contributed by atoms with Crippen LogP contribution in [-0.4, -0.2) is 4.32 Å². The van der Waals surface area contributed by atoms with Gasteiger partial charge in [-0.15, -0.1) is 0 Å². The van der Waals surface area contributed by atoms with E-state index in [2.05, 4.69) is 25.1 Å². The smallest absolute Gasteiger partial charge is 0.0716 e. The zero-order valence-electron chi connectivity index (χ0n) is 8.87. The van der Waals surface area contributed by atoms with E-state index in [-0.39, 0.29) is 0 Å². The fourth-order valence-corrected chi connectivity index (χ4v) is 1.58. The summed E-state index contributed by atoms with van der Waals surface area (Å²) in [6.07, 6.45) is 7.30. The summed E-state index contributed by atoms with van der Waals surface area (Å²) in [6, 6.07) is 8.36. The molecule has 0 N–H and O–H groups in total. The Morgan fingerprint density at radius 3 is 2.80 bits per heavy atom. The number of hydrogen-bond acceptors (Lipinski definition) is 1. The van der Waals surface area contributed by atoms with E-state index >= 15 is 0 Å². The highest BCUT2D eigenvalue weighted by Crippen LogP contribution is 2.14. The first-order valence-electron chi connectivity index (χ1n) is 5.19. The number of halogens is 1. The van der Waals surface area contributed by atoms with E-state index in [0.717, 1.165) is 6.42 Å². The normalized spacial score (nSPS) is 10.8. The van der Waals surface area contributed by atoms with E-state index in [9.17, 15) is 0 Å². The van der Waals surface area contributed by atoms with Gasteiger partial charge >= 0.3 is 0 Å². The second kappa shape index (κ2) is 6.76. The van der Waals surface area contributed by atoms with Gasteiger partial charge in [-0.3, -0.25) is 0 Å². The van der Waals surface area contributed by atoms with Crippen LogP contribution in [0.1, 0.15) is 30.9 Å². The van der Waals surface area contributed by atoms with Crippen molar-refractivity contribution in [3.05, 3.63) is 41.5 Å². The zero-order valence-corrected chi connectivity index (χ0v) is 10.4. The number of allylic oxidation sites excluding steroid dienone is 1. The van der Waals surface area contributed by atoms with Crippen LogP contribution in [-0.2, 0) is 6.42 Å². The average Bonchev–Trinajstić information content (AvgIpc) is 2.24. The molecule has 0 radical (unpaired) electrons. The van der Waals surface area contributed by atoms with Gasteiger partial charge in [0, 0.05) is 0 Å². The summed E-state index contributed by atoms with van der Waals surface area (Å²) >= 11 is 10.4. The molecule has 80 valence electrons. The van der Waals surface area contributed by atoms with Crippen molar-refractivity contribution in [3.8, 4) is 0 Å². The fourth-order valence-electron chi connectivity index (χ4n) is 1.45. The van der Waals surface area contributed by atoms with Crippen molar-refractivity contribution < 1.29 is 0 Å². The number of thiocarbonyl (C=S) groups is 1. The third kappa shape index (κ3) is 4.59. The summed E-state index contributed by atoms with van der Waals surface area (Å²) in [7, 11) is 0. The molecule has 15 heavy (non-hydrogen) atoms. The van der Waals surface area contributed by atoms with Crippen LogP contribution in [0.4, 0.5) is 0 Å². The first kappa shape index (κ1) is 12.4. The van der Waals surface area contributed by atoms with E-state index in [1.54, 1.807) is 6.08 Å². The minimum atomic E-state index is 0.403. The largest absolute Gasteiger partial charge is 0.103 e. The van der Waals surface area contributed by atoms with Gasteiger partial charge in [0.1, 0.15) is 4.32 Å². The summed E-state index contributed by atoms with van der Waals surface area (Å²) < 4.78 is 0.403. The number of aryl methyl sites for hydroxylation is 1. The van der Waals surface area contributed by atoms with Crippen molar-refractivity contribution in [2.45, 2.75) is 26.2 Å². The zero-order chi connectivity index (χ0) is 11.1. The van der Waals surface area contributed by atoms with E-state index in [1.165, 1.54) is 24.0 Å². The Kier molecular flexibility index (Phi) is 5.59. The summed E-state index contributed by atoms with van der Waals surface area (Å²) in [5.74, 6) is 0. The molecule has 0 aliphatic carbocycles. The van der Waals surface area contributed by atoms with Gasteiger partial charge in [0.15, 0.2) is 0 Å². The van der Waals surface area contributed by atoms with Crippen LogP contribution in [0.25, 0.3) is 6.08 Å². The lowest BCUT2D eigenvalue weighted by atomic mass is 10.0. The molecule has 0 bridgehead atoms. The molecule has 0 amide bonds. The number of rotatable bonds is 5. The lowest BCUT2D eigenvalue weighted by molar-refractivity contribution is 0.794. The molecular formula is C13H15ClS. The molecule has 0 aliphatic heterocycles. The minimum absolute atomic E-state index is 0.403. The van der Waals surface area contributed by atoms with Gasteiger partial charge in [-0.1, -0.05) is 67.5 Å². The molecule has 0 heterocycles. The molecule has 2 heteroatoms. The summed E-state index contributed by atoms with van der Waals surface area (Å²) in [5, 5.41) is 0. The van der Waals surface area contributed by atoms with Gasteiger partial charge < -0.3 is 0 Å². The molecule has 0 atom stereocenters. The van der Waals surface area contributed by atoms with Crippen LogP contribution < -0.4 is 0 Å². The quantitative estimate of drug-likeness (QED) is 0.410. The van der Waals surface area contributed by atoms with Gasteiger partial charge in [0.05, 0.1) is 0 Å². The topological polar surface area (TPSA) is 0 Å². The maximum atomic E-state index is 5.63. The molecule has 0 saturated heterocycles. The molecule has 1 aromatic rings. The molecule has 0 spiro atoms. The molecule has 1 rings (SSSR count). The van der Waals surface area contributed by atoms with Crippen molar-refractivity contribution in [2.24, 2.45) is 0 Å². The first-order valence-corrected chi connectivity index (χ1v) is 5.98. The van der Waals surface area contributed by atoms with Crippen molar-refractivity contribution in [2.75, 3.05) is 0 Å². The van der Waals surface area contributed by atoms with Gasteiger partial charge in [-0.25, -0.2) is 0 Å². The molecule has 0 nitrogen and oxygen atoms in total. The molecule has 0 aromatic heterocycles. The molecule has 0 aliphatic rings. The summed E-state index contributed by atoms with van der Waals surface area (Å²) in [4.78, 5) is 0. The standard InChI is InChI=1S/C13H15ClS/c1-2-3-6-11-7-4-5-8-12(11)9-10-13(14)15/h4-5,7-10H,2-3,6H2,1H3/b10-9+. The van der Waals surface area contributed by atoms with Gasteiger partial charge in [-0.05, 0) is 30.0 Å². The van der Waals surface area contributed by atoms with Crippen LogP contribution in [0, 0.1) is 0 Å². The predicted octanol–water partition coefficient (Wildman–Crippen LogP) is 4.61. The van der Waals surface area contributed by atoms with Crippen LogP contribution in [0.5, 0.6) is 0 Å². The van der Waals surface area contributed by atoms with Gasteiger partial charge in [0.25, 0.3) is 0 Å². The Morgan fingerprint density at radius 2 is 2.13 bits per heavy atom. The lowest BCUT2D eigenvalue weighted by Crippen LogP contribution is -1.88. The lowest BCUT2D eigenvalue weighted by Gasteiger charge is -2.04. The van der Waals surface area contributed by atoms with E-state index < -0.39 is 0 Å². The van der Waals surface area contributed by atoms with Crippen molar-refractivity contribution in [1.82, 2.24) is 0 Å². The second-order valence-electron chi connectivity index (χ2n) is 3.44. The highest BCUT2D eigenvalue weighted by molar-refractivity contribution is 7.83. The third-order valence-electron chi connectivity index (χ3n) is 2.25. The summed E-state index contributed by atoms with van der Waals surface area (Å²) in [5.41, 5.74) is 2.58. The third-order valence-corrected chi connectivity index (χ3v) is 2.51. The summed E-state index contributed by atoms with van der Waals surface area (Å²) in [6.45, 7) is 2.20.